The van der Waals surface area contributed by atoms with Crippen LogP contribution >= 0.6 is 11.3 Å². The average molecular weight is 351 g/mol. The number of rotatable bonds is 4. The van der Waals surface area contributed by atoms with Crippen LogP contribution < -0.4 is 10.1 Å². The summed E-state index contributed by atoms with van der Waals surface area (Å²) in [6.45, 7) is 1.63. The number of carbonyl (C=O) groups excluding carboxylic acids is 1. The standard InChI is InChI=1S/C19H17N3O2S/c1-12(24-16-8-4-2-6-13(16)10-20)18(23)22-19-15(11-21)14-7-3-5-9-17(14)25-19/h2,4,6,8,12H,3,5,7,9H2,1H3,(H,22,23). The van der Waals surface area contributed by atoms with E-state index in [1.807, 2.05) is 6.07 Å². The van der Waals surface area contributed by atoms with E-state index in [0.717, 1.165) is 31.2 Å². The molecular formula is C19H17N3O2S. The van der Waals surface area contributed by atoms with Crippen LogP contribution in [0.4, 0.5) is 5.00 Å². The van der Waals surface area contributed by atoms with E-state index < -0.39 is 6.10 Å². The van der Waals surface area contributed by atoms with E-state index in [-0.39, 0.29) is 5.91 Å². The molecule has 1 heterocycles. The SMILES string of the molecule is CC(Oc1ccccc1C#N)C(=O)Nc1sc2c(c1C#N)CCCC2. The molecule has 0 spiro atoms. The number of ether oxygens (including phenoxy) is 1. The van der Waals surface area contributed by atoms with Crippen LogP contribution in [0.5, 0.6) is 5.75 Å². The zero-order valence-electron chi connectivity index (χ0n) is 13.8. The molecule has 1 aromatic carbocycles. The van der Waals surface area contributed by atoms with Gasteiger partial charge in [-0.15, -0.1) is 11.3 Å². The van der Waals surface area contributed by atoms with Crippen molar-refractivity contribution in [3.05, 3.63) is 45.8 Å². The summed E-state index contributed by atoms with van der Waals surface area (Å²) >= 11 is 1.48. The van der Waals surface area contributed by atoms with Gasteiger partial charge < -0.3 is 10.1 Å². The molecule has 5 nitrogen and oxygen atoms in total. The lowest BCUT2D eigenvalue weighted by Crippen LogP contribution is -2.30. The smallest absolute Gasteiger partial charge is 0.265 e. The fraction of sp³-hybridized carbons (Fsp3) is 0.316. The summed E-state index contributed by atoms with van der Waals surface area (Å²) in [5.41, 5.74) is 2.04. The number of aryl methyl sites for hydroxylation is 1. The molecule has 1 aliphatic rings. The van der Waals surface area contributed by atoms with E-state index in [1.54, 1.807) is 31.2 Å². The molecule has 2 aromatic rings. The first-order valence-electron chi connectivity index (χ1n) is 8.15. The Balaban J connectivity index is 1.75. The third-order valence-electron chi connectivity index (χ3n) is 4.20. The highest BCUT2D eigenvalue weighted by Crippen LogP contribution is 2.37. The predicted octanol–water partition coefficient (Wildman–Crippen LogP) is 3.78. The largest absolute Gasteiger partial charge is 0.480 e. The van der Waals surface area contributed by atoms with E-state index in [4.69, 9.17) is 10.00 Å². The molecule has 1 aliphatic carbocycles. The number of benzene rings is 1. The second-order valence-electron chi connectivity index (χ2n) is 5.88. The number of carbonyl (C=O) groups is 1. The van der Waals surface area contributed by atoms with Crippen molar-refractivity contribution in [3.63, 3.8) is 0 Å². The molecule has 0 radical (unpaired) electrons. The summed E-state index contributed by atoms with van der Waals surface area (Å²) in [7, 11) is 0. The molecule has 6 heteroatoms. The lowest BCUT2D eigenvalue weighted by Gasteiger charge is -2.15. The number of nitriles is 2. The maximum atomic E-state index is 12.5. The Labute approximate surface area is 150 Å². The molecule has 0 fully saturated rings. The molecule has 0 bridgehead atoms. The predicted molar refractivity (Wildman–Crippen MR) is 95.6 cm³/mol. The number of nitrogens with one attached hydrogen (secondary N) is 1. The molecule has 0 saturated carbocycles. The minimum absolute atomic E-state index is 0.331. The number of para-hydroxylation sites is 1. The number of anilines is 1. The Morgan fingerprint density at radius 1 is 1.24 bits per heavy atom. The molecule has 1 unspecified atom stereocenters. The lowest BCUT2D eigenvalue weighted by atomic mass is 9.96. The zero-order chi connectivity index (χ0) is 17.8. The van der Waals surface area contributed by atoms with Crippen molar-refractivity contribution < 1.29 is 9.53 Å². The monoisotopic (exact) mass is 351 g/mol. The van der Waals surface area contributed by atoms with Gasteiger partial charge in [0.15, 0.2) is 6.10 Å². The second-order valence-corrected chi connectivity index (χ2v) is 6.99. The van der Waals surface area contributed by atoms with Crippen LogP contribution in [0.1, 0.15) is 41.3 Å². The number of hydrogen-bond donors (Lipinski definition) is 1. The van der Waals surface area contributed by atoms with Crippen molar-refractivity contribution in [1.82, 2.24) is 0 Å². The van der Waals surface area contributed by atoms with Gasteiger partial charge in [-0.3, -0.25) is 4.79 Å². The number of thiophene rings is 1. The molecule has 0 aliphatic heterocycles. The van der Waals surface area contributed by atoms with Gasteiger partial charge in [-0.05, 0) is 50.3 Å². The molecule has 1 amide bonds. The average Bonchev–Trinajstić information content (AvgIpc) is 2.99. The van der Waals surface area contributed by atoms with E-state index in [0.29, 0.717) is 21.9 Å². The quantitative estimate of drug-likeness (QED) is 0.908. The van der Waals surface area contributed by atoms with E-state index in [2.05, 4.69) is 11.4 Å². The Morgan fingerprint density at radius 2 is 2.00 bits per heavy atom. The first-order chi connectivity index (χ1) is 12.1. The van der Waals surface area contributed by atoms with Crippen molar-refractivity contribution in [2.45, 2.75) is 38.7 Å². The molecule has 25 heavy (non-hydrogen) atoms. The molecule has 1 atom stereocenters. The van der Waals surface area contributed by atoms with Gasteiger partial charge in [0.05, 0.1) is 11.1 Å². The van der Waals surface area contributed by atoms with Gasteiger partial charge in [0.25, 0.3) is 5.91 Å². The summed E-state index contributed by atoms with van der Waals surface area (Å²) in [5, 5.41) is 22.0. The summed E-state index contributed by atoms with van der Waals surface area (Å²) in [6, 6.07) is 11.1. The number of hydrogen-bond acceptors (Lipinski definition) is 5. The molecule has 1 aromatic heterocycles. The van der Waals surface area contributed by atoms with Gasteiger partial charge in [-0.1, -0.05) is 12.1 Å². The Kier molecular flexibility index (Phi) is 5.02. The Morgan fingerprint density at radius 3 is 2.76 bits per heavy atom. The third kappa shape index (κ3) is 3.50. The van der Waals surface area contributed by atoms with E-state index in [1.165, 1.54) is 16.2 Å². The third-order valence-corrected chi connectivity index (χ3v) is 5.41. The number of nitrogens with zero attached hydrogens (tertiary/aromatic N) is 2. The second kappa shape index (κ2) is 7.38. The molecule has 126 valence electrons. The van der Waals surface area contributed by atoms with Crippen molar-refractivity contribution in [2.24, 2.45) is 0 Å². The minimum atomic E-state index is -0.778. The highest BCUT2D eigenvalue weighted by molar-refractivity contribution is 7.16. The molecular weight excluding hydrogens is 334 g/mol. The van der Waals surface area contributed by atoms with Gasteiger partial charge in [-0.25, -0.2) is 0 Å². The number of fused-ring (bicyclic) bond motifs is 1. The first kappa shape index (κ1) is 17.0. The lowest BCUT2D eigenvalue weighted by molar-refractivity contribution is -0.122. The van der Waals surface area contributed by atoms with Crippen LogP contribution in [0.15, 0.2) is 24.3 Å². The van der Waals surface area contributed by atoms with Crippen LogP contribution in [-0.4, -0.2) is 12.0 Å². The van der Waals surface area contributed by atoms with E-state index in [9.17, 15) is 10.1 Å². The fourth-order valence-electron chi connectivity index (χ4n) is 2.89. The van der Waals surface area contributed by atoms with Gasteiger partial charge in [-0.2, -0.15) is 10.5 Å². The van der Waals surface area contributed by atoms with Crippen molar-refractivity contribution in [2.75, 3.05) is 5.32 Å². The molecule has 0 saturated heterocycles. The molecule has 1 N–H and O–H groups in total. The summed E-state index contributed by atoms with van der Waals surface area (Å²) < 4.78 is 5.63. The van der Waals surface area contributed by atoms with Gasteiger partial charge in [0.2, 0.25) is 0 Å². The van der Waals surface area contributed by atoms with Gasteiger partial charge in [0, 0.05) is 4.88 Å². The van der Waals surface area contributed by atoms with Gasteiger partial charge >= 0.3 is 0 Å². The Bertz CT molecular complexity index is 889. The van der Waals surface area contributed by atoms with Crippen LogP contribution in [0.25, 0.3) is 0 Å². The fourth-order valence-corrected chi connectivity index (χ4v) is 4.13. The topological polar surface area (TPSA) is 85.9 Å². The van der Waals surface area contributed by atoms with Crippen molar-refractivity contribution in [3.8, 4) is 17.9 Å². The van der Waals surface area contributed by atoms with Crippen LogP contribution in [0.2, 0.25) is 0 Å². The molecule has 3 rings (SSSR count). The first-order valence-corrected chi connectivity index (χ1v) is 8.97. The summed E-state index contributed by atoms with van der Waals surface area (Å²) in [6.07, 6.45) is 3.28. The zero-order valence-corrected chi connectivity index (χ0v) is 14.7. The van der Waals surface area contributed by atoms with Crippen molar-refractivity contribution in [1.29, 1.82) is 10.5 Å². The minimum Gasteiger partial charge on any atom is -0.480 e. The normalized spacial score (nSPS) is 13.9. The van der Waals surface area contributed by atoms with Crippen LogP contribution in [0, 0.1) is 22.7 Å². The highest BCUT2D eigenvalue weighted by atomic mass is 32.1. The maximum Gasteiger partial charge on any atom is 0.265 e. The van der Waals surface area contributed by atoms with Gasteiger partial charge in [0.1, 0.15) is 22.9 Å². The summed E-state index contributed by atoms with van der Waals surface area (Å²) in [4.78, 5) is 13.7. The maximum absolute atomic E-state index is 12.5. The highest BCUT2D eigenvalue weighted by Gasteiger charge is 2.24. The number of amides is 1. The Hall–Kier alpha value is -2.83. The van der Waals surface area contributed by atoms with Crippen LogP contribution in [0.3, 0.4) is 0 Å². The van der Waals surface area contributed by atoms with Crippen LogP contribution in [-0.2, 0) is 17.6 Å². The van der Waals surface area contributed by atoms with Crippen molar-refractivity contribution >= 4 is 22.2 Å². The van der Waals surface area contributed by atoms with E-state index >= 15 is 0 Å². The summed E-state index contributed by atoms with van der Waals surface area (Å²) in [5.74, 6) is 0.0430.